The van der Waals surface area contributed by atoms with Crippen molar-refractivity contribution < 1.29 is 9.53 Å². The summed E-state index contributed by atoms with van der Waals surface area (Å²) in [6, 6.07) is 2.24. The predicted octanol–water partition coefficient (Wildman–Crippen LogP) is 1.19. The van der Waals surface area contributed by atoms with Crippen molar-refractivity contribution in [3.8, 4) is 0 Å². The first-order valence-electron chi connectivity index (χ1n) is 5.91. The van der Waals surface area contributed by atoms with Crippen molar-refractivity contribution in [2.45, 2.75) is 33.4 Å². The Labute approximate surface area is 102 Å². The van der Waals surface area contributed by atoms with Gasteiger partial charge in [-0.3, -0.25) is 14.4 Å². The third kappa shape index (κ3) is 4.56. The predicted molar refractivity (Wildman–Crippen MR) is 65.4 cm³/mol. The summed E-state index contributed by atoms with van der Waals surface area (Å²) in [4.78, 5) is 13.5. The summed E-state index contributed by atoms with van der Waals surface area (Å²) >= 11 is 0. The molecule has 5 nitrogen and oxygen atoms in total. The Kier molecular flexibility index (Phi) is 5.15. The molecule has 0 radical (unpaired) electrons. The Balaban J connectivity index is 2.57. The van der Waals surface area contributed by atoms with Crippen LogP contribution in [0.15, 0.2) is 12.3 Å². The van der Waals surface area contributed by atoms with Gasteiger partial charge in [0.1, 0.15) is 0 Å². The Hall–Kier alpha value is -1.36. The molecule has 0 aliphatic heterocycles. The molecule has 0 aliphatic rings. The summed E-state index contributed by atoms with van der Waals surface area (Å²) in [6.07, 6.45) is 1.90. The van der Waals surface area contributed by atoms with Crippen molar-refractivity contribution in [1.29, 1.82) is 0 Å². The number of rotatable bonds is 6. The van der Waals surface area contributed by atoms with Gasteiger partial charge in [0, 0.05) is 25.8 Å². The van der Waals surface area contributed by atoms with Crippen LogP contribution in [0, 0.1) is 0 Å². The lowest BCUT2D eigenvalue weighted by Crippen LogP contribution is -2.36. The molecule has 0 aromatic carbocycles. The Morgan fingerprint density at radius 3 is 2.76 bits per heavy atom. The molecule has 0 amide bonds. The van der Waals surface area contributed by atoms with E-state index in [0.717, 1.165) is 5.69 Å². The van der Waals surface area contributed by atoms with E-state index >= 15 is 0 Å². The lowest BCUT2D eigenvalue weighted by Gasteiger charge is -2.24. The van der Waals surface area contributed by atoms with E-state index in [1.807, 2.05) is 31.1 Å². The zero-order chi connectivity index (χ0) is 12.8. The van der Waals surface area contributed by atoms with E-state index in [2.05, 4.69) is 18.9 Å². The Morgan fingerprint density at radius 1 is 1.59 bits per heavy atom. The van der Waals surface area contributed by atoms with Crippen LogP contribution in [-0.4, -0.2) is 39.8 Å². The number of nitrogens with zero attached hydrogens (tertiary/aromatic N) is 3. The highest BCUT2D eigenvalue weighted by molar-refractivity contribution is 5.71. The zero-order valence-electron chi connectivity index (χ0n) is 11.0. The van der Waals surface area contributed by atoms with E-state index in [1.54, 1.807) is 4.68 Å². The summed E-state index contributed by atoms with van der Waals surface area (Å²) in [5.41, 5.74) is 0.963. The molecular formula is C12H21N3O2. The molecule has 96 valence electrons. The highest BCUT2D eigenvalue weighted by atomic mass is 16.5. The molecule has 0 bridgehead atoms. The van der Waals surface area contributed by atoms with Crippen molar-refractivity contribution >= 4 is 5.97 Å². The third-order valence-electron chi connectivity index (χ3n) is 2.50. The third-order valence-corrected chi connectivity index (χ3v) is 2.50. The zero-order valence-corrected chi connectivity index (χ0v) is 11.0. The van der Waals surface area contributed by atoms with Gasteiger partial charge in [-0.2, -0.15) is 5.10 Å². The van der Waals surface area contributed by atoms with Gasteiger partial charge in [0.05, 0.1) is 18.8 Å². The molecule has 0 N–H and O–H groups in total. The maximum Gasteiger partial charge on any atom is 0.320 e. The summed E-state index contributed by atoms with van der Waals surface area (Å²) < 4.78 is 6.72. The van der Waals surface area contributed by atoms with Crippen LogP contribution in [0.3, 0.4) is 0 Å². The molecule has 0 saturated carbocycles. The standard InChI is InChI=1S/C12H21N3O2/c1-5-17-12(16)9-15(10(2)3)8-11-6-7-14(4)13-11/h6-7,10H,5,8-9H2,1-4H3. The van der Waals surface area contributed by atoms with Gasteiger partial charge in [-0.15, -0.1) is 0 Å². The SMILES string of the molecule is CCOC(=O)CN(Cc1ccn(C)n1)C(C)C. The molecule has 17 heavy (non-hydrogen) atoms. The first kappa shape index (κ1) is 13.7. The van der Waals surface area contributed by atoms with Crippen molar-refractivity contribution in [1.82, 2.24) is 14.7 Å². The van der Waals surface area contributed by atoms with Crippen LogP contribution in [-0.2, 0) is 23.1 Å². The molecule has 0 aliphatic carbocycles. The summed E-state index contributed by atoms with van der Waals surface area (Å²) in [5.74, 6) is -0.183. The first-order valence-corrected chi connectivity index (χ1v) is 5.91. The monoisotopic (exact) mass is 239 g/mol. The second-order valence-corrected chi connectivity index (χ2v) is 4.28. The van der Waals surface area contributed by atoms with Crippen LogP contribution >= 0.6 is 0 Å². The minimum atomic E-state index is -0.183. The van der Waals surface area contributed by atoms with Gasteiger partial charge >= 0.3 is 5.97 Å². The fraction of sp³-hybridized carbons (Fsp3) is 0.667. The van der Waals surface area contributed by atoms with Gasteiger partial charge < -0.3 is 4.74 Å². The Bertz CT molecular complexity index is 360. The van der Waals surface area contributed by atoms with Crippen LogP contribution in [0.25, 0.3) is 0 Å². The molecular weight excluding hydrogens is 218 g/mol. The second kappa shape index (κ2) is 6.39. The van der Waals surface area contributed by atoms with Crippen molar-refractivity contribution in [2.75, 3.05) is 13.2 Å². The van der Waals surface area contributed by atoms with Crippen molar-refractivity contribution in [2.24, 2.45) is 7.05 Å². The van der Waals surface area contributed by atoms with Crippen LogP contribution in [0.1, 0.15) is 26.5 Å². The smallest absolute Gasteiger partial charge is 0.320 e. The number of esters is 1. The molecule has 5 heteroatoms. The normalized spacial score (nSPS) is 11.2. The lowest BCUT2D eigenvalue weighted by atomic mass is 10.3. The fourth-order valence-electron chi connectivity index (χ4n) is 1.55. The van der Waals surface area contributed by atoms with Crippen molar-refractivity contribution in [3.05, 3.63) is 18.0 Å². The van der Waals surface area contributed by atoms with E-state index in [1.165, 1.54) is 0 Å². The van der Waals surface area contributed by atoms with E-state index in [-0.39, 0.29) is 12.0 Å². The number of aryl methyl sites for hydroxylation is 1. The molecule has 0 fully saturated rings. The highest BCUT2D eigenvalue weighted by Gasteiger charge is 2.16. The molecule has 1 aromatic rings. The summed E-state index contributed by atoms with van der Waals surface area (Å²) in [6.45, 7) is 7.33. The molecule has 0 spiro atoms. The molecule has 0 unspecified atom stereocenters. The second-order valence-electron chi connectivity index (χ2n) is 4.28. The summed E-state index contributed by atoms with van der Waals surface area (Å²) in [7, 11) is 1.88. The highest BCUT2D eigenvalue weighted by Crippen LogP contribution is 2.06. The fourth-order valence-corrected chi connectivity index (χ4v) is 1.55. The average molecular weight is 239 g/mol. The van der Waals surface area contributed by atoms with Gasteiger partial charge in [0.25, 0.3) is 0 Å². The maximum absolute atomic E-state index is 11.5. The number of ether oxygens (including phenoxy) is 1. The van der Waals surface area contributed by atoms with E-state index in [0.29, 0.717) is 19.7 Å². The number of hydrogen-bond donors (Lipinski definition) is 0. The first-order chi connectivity index (χ1) is 8.02. The number of hydrogen-bond acceptors (Lipinski definition) is 4. The maximum atomic E-state index is 11.5. The van der Waals surface area contributed by atoms with E-state index in [4.69, 9.17) is 4.74 Å². The van der Waals surface area contributed by atoms with Crippen LogP contribution in [0.5, 0.6) is 0 Å². The topological polar surface area (TPSA) is 47.4 Å². The van der Waals surface area contributed by atoms with Crippen LogP contribution < -0.4 is 0 Å². The van der Waals surface area contributed by atoms with Gasteiger partial charge in [-0.25, -0.2) is 0 Å². The average Bonchev–Trinajstić information content (AvgIpc) is 2.63. The Morgan fingerprint density at radius 2 is 2.29 bits per heavy atom. The summed E-state index contributed by atoms with van der Waals surface area (Å²) in [5, 5.41) is 4.31. The molecule has 1 rings (SSSR count). The van der Waals surface area contributed by atoms with E-state index in [9.17, 15) is 4.79 Å². The minimum absolute atomic E-state index is 0.183. The minimum Gasteiger partial charge on any atom is -0.465 e. The van der Waals surface area contributed by atoms with Gasteiger partial charge in [0.15, 0.2) is 0 Å². The number of carbonyl (C=O) groups is 1. The quantitative estimate of drug-likeness (QED) is 0.700. The largest absolute Gasteiger partial charge is 0.465 e. The molecule has 1 heterocycles. The lowest BCUT2D eigenvalue weighted by molar-refractivity contribution is -0.145. The van der Waals surface area contributed by atoms with Crippen LogP contribution in [0.4, 0.5) is 0 Å². The van der Waals surface area contributed by atoms with Crippen molar-refractivity contribution in [3.63, 3.8) is 0 Å². The van der Waals surface area contributed by atoms with Crippen LogP contribution in [0.2, 0.25) is 0 Å². The van der Waals surface area contributed by atoms with Gasteiger partial charge in [-0.05, 0) is 26.8 Å². The number of carbonyl (C=O) groups excluding carboxylic acids is 1. The van der Waals surface area contributed by atoms with E-state index < -0.39 is 0 Å². The molecule has 1 aromatic heterocycles. The van der Waals surface area contributed by atoms with Gasteiger partial charge in [0.2, 0.25) is 0 Å². The van der Waals surface area contributed by atoms with Gasteiger partial charge in [-0.1, -0.05) is 0 Å². The molecule has 0 saturated heterocycles. The molecule has 0 atom stereocenters. The number of aromatic nitrogens is 2.